The molecule has 0 unspecified atom stereocenters. The number of nitrogens with zero attached hydrogens (tertiary/aromatic N) is 2. The third-order valence-corrected chi connectivity index (χ3v) is 1.62. The molecule has 5 nitrogen and oxygen atoms in total. The molecule has 0 amide bonds. The molecule has 0 bridgehead atoms. The summed E-state index contributed by atoms with van der Waals surface area (Å²) in [5, 5.41) is 16.9. The highest BCUT2D eigenvalue weighted by atomic mass is 16.9. The summed E-state index contributed by atoms with van der Waals surface area (Å²) in [7, 11) is 0. The molecule has 1 heterocycles. The lowest BCUT2D eigenvalue weighted by molar-refractivity contribution is -0.374. The number of nitriles is 2. The van der Waals surface area contributed by atoms with Crippen LogP contribution in [0.25, 0.3) is 0 Å². The first kappa shape index (κ1) is 9.53. The summed E-state index contributed by atoms with van der Waals surface area (Å²) in [6.45, 7) is 1.76. The van der Waals surface area contributed by atoms with Crippen molar-refractivity contribution < 1.29 is 9.47 Å². The molecule has 0 aromatic heterocycles. The third kappa shape index (κ3) is 2.19. The maximum atomic E-state index is 8.46. The van der Waals surface area contributed by atoms with Crippen molar-refractivity contribution in [3.05, 3.63) is 11.3 Å². The lowest BCUT2D eigenvalue weighted by Gasteiger charge is -2.33. The molecule has 0 spiro atoms. The van der Waals surface area contributed by atoms with Gasteiger partial charge in [-0.2, -0.15) is 10.5 Å². The Morgan fingerprint density at radius 3 is 2.31 bits per heavy atom. The molecule has 5 heteroatoms. The first-order valence-corrected chi connectivity index (χ1v) is 3.77. The topological polar surface area (TPSA) is 92.1 Å². The van der Waals surface area contributed by atoms with Crippen LogP contribution in [0.1, 0.15) is 13.3 Å². The molecule has 1 aliphatic rings. The van der Waals surface area contributed by atoms with Gasteiger partial charge in [0, 0.05) is 12.1 Å². The number of hydrogen-bond acceptors (Lipinski definition) is 5. The Balaban J connectivity index is 2.51. The van der Waals surface area contributed by atoms with E-state index in [1.54, 1.807) is 19.1 Å². The van der Waals surface area contributed by atoms with Crippen molar-refractivity contribution in [1.29, 1.82) is 10.5 Å². The Morgan fingerprint density at radius 2 is 1.92 bits per heavy atom. The molecular formula is C8H9N3O2. The summed E-state index contributed by atoms with van der Waals surface area (Å²) in [5.41, 5.74) is 5.60. The van der Waals surface area contributed by atoms with Gasteiger partial charge < -0.3 is 15.2 Å². The third-order valence-electron chi connectivity index (χ3n) is 1.62. The van der Waals surface area contributed by atoms with E-state index < -0.39 is 6.29 Å². The highest BCUT2D eigenvalue weighted by Gasteiger charge is 2.27. The van der Waals surface area contributed by atoms with Gasteiger partial charge in [0.15, 0.2) is 12.6 Å². The zero-order chi connectivity index (χ0) is 9.84. The standard InChI is InChI=1S/C8H9N3O2/c1-5-12-8(13-5)2-7(11)6(3-9)4-10/h5,8H,2,11H2,1H3. The van der Waals surface area contributed by atoms with E-state index in [4.69, 9.17) is 25.7 Å². The van der Waals surface area contributed by atoms with E-state index in [0.29, 0.717) is 0 Å². The molecule has 2 N–H and O–H groups in total. The molecule has 0 atom stereocenters. The molecular weight excluding hydrogens is 170 g/mol. The largest absolute Gasteiger partial charge is 0.400 e. The number of nitrogens with two attached hydrogens (primary N) is 1. The van der Waals surface area contributed by atoms with Crippen molar-refractivity contribution in [3.8, 4) is 12.1 Å². The predicted octanol–water partition coefficient (Wildman–Crippen LogP) is 0.355. The first-order valence-electron chi connectivity index (χ1n) is 3.77. The van der Waals surface area contributed by atoms with Gasteiger partial charge in [0.1, 0.15) is 17.7 Å². The molecule has 1 fully saturated rings. The second-order valence-corrected chi connectivity index (χ2v) is 2.60. The fourth-order valence-electron chi connectivity index (χ4n) is 0.984. The van der Waals surface area contributed by atoms with Gasteiger partial charge in [-0.15, -0.1) is 0 Å². The van der Waals surface area contributed by atoms with Crippen LogP contribution in [-0.2, 0) is 9.47 Å². The van der Waals surface area contributed by atoms with Crippen molar-refractivity contribution in [2.75, 3.05) is 0 Å². The van der Waals surface area contributed by atoms with Gasteiger partial charge in [0.25, 0.3) is 0 Å². The van der Waals surface area contributed by atoms with Crippen molar-refractivity contribution in [2.45, 2.75) is 25.9 Å². The SMILES string of the molecule is CC1OC(CC(N)=C(C#N)C#N)O1. The minimum Gasteiger partial charge on any atom is -0.400 e. The van der Waals surface area contributed by atoms with Crippen LogP contribution in [0.15, 0.2) is 11.3 Å². The average molecular weight is 179 g/mol. The van der Waals surface area contributed by atoms with E-state index in [1.807, 2.05) is 0 Å². The van der Waals surface area contributed by atoms with E-state index in [0.717, 1.165) is 0 Å². The van der Waals surface area contributed by atoms with Crippen molar-refractivity contribution >= 4 is 0 Å². The number of hydrogen-bond donors (Lipinski definition) is 1. The Hall–Kier alpha value is -1.56. The average Bonchev–Trinajstić information content (AvgIpc) is 2.04. The van der Waals surface area contributed by atoms with E-state index >= 15 is 0 Å². The monoisotopic (exact) mass is 179 g/mol. The lowest BCUT2D eigenvalue weighted by atomic mass is 10.2. The lowest BCUT2D eigenvalue weighted by Crippen LogP contribution is -2.39. The number of ether oxygens (including phenoxy) is 2. The summed E-state index contributed by atoms with van der Waals surface area (Å²) in [6, 6.07) is 3.40. The normalized spacial score (nSPS) is 25.2. The van der Waals surface area contributed by atoms with E-state index in [-0.39, 0.29) is 24.0 Å². The van der Waals surface area contributed by atoms with Crippen LogP contribution in [-0.4, -0.2) is 12.6 Å². The first-order chi connectivity index (χ1) is 6.17. The summed E-state index contributed by atoms with van der Waals surface area (Å²) < 4.78 is 10.2. The number of allylic oxidation sites excluding steroid dienone is 1. The van der Waals surface area contributed by atoms with Gasteiger partial charge in [0.05, 0.1) is 0 Å². The molecule has 1 aliphatic heterocycles. The minimum atomic E-state index is -0.410. The molecule has 0 aliphatic carbocycles. The Bertz CT molecular complexity index is 288. The van der Waals surface area contributed by atoms with Crippen LogP contribution in [0, 0.1) is 22.7 Å². The van der Waals surface area contributed by atoms with Crippen LogP contribution < -0.4 is 5.73 Å². The molecule has 1 saturated heterocycles. The van der Waals surface area contributed by atoms with E-state index in [2.05, 4.69) is 0 Å². The van der Waals surface area contributed by atoms with Crippen molar-refractivity contribution in [1.82, 2.24) is 0 Å². The molecule has 0 radical (unpaired) electrons. The van der Waals surface area contributed by atoms with Gasteiger partial charge in [-0.3, -0.25) is 0 Å². The van der Waals surface area contributed by atoms with Crippen LogP contribution >= 0.6 is 0 Å². The summed E-state index contributed by atoms with van der Waals surface area (Å²) >= 11 is 0. The quantitative estimate of drug-likeness (QED) is 0.617. The highest BCUT2D eigenvalue weighted by Crippen LogP contribution is 2.21. The van der Waals surface area contributed by atoms with E-state index in [1.165, 1.54) is 0 Å². The second-order valence-electron chi connectivity index (χ2n) is 2.60. The van der Waals surface area contributed by atoms with Gasteiger partial charge >= 0.3 is 0 Å². The van der Waals surface area contributed by atoms with E-state index in [9.17, 15) is 0 Å². The smallest absolute Gasteiger partial charge is 0.169 e. The fraction of sp³-hybridized carbons (Fsp3) is 0.500. The van der Waals surface area contributed by atoms with Crippen LogP contribution in [0.2, 0.25) is 0 Å². The summed E-state index contributed by atoms with van der Waals surface area (Å²) in [5.74, 6) is 0. The van der Waals surface area contributed by atoms with Crippen LogP contribution in [0.5, 0.6) is 0 Å². The van der Waals surface area contributed by atoms with Gasteiger partial charge in [-0.05, 0) is 6.92 Å². The molecule has 0 aromatic rings. The Kier molecular flexibility index (Phi) is 2.86. The molecule has 68 valence electrons. The minimum absolute atomic E-state index is 0.0771. The Morgan fingerprint density at radius 1 is 1.38 bits per heavy atom. The van der Waals surface area contributed by atoms with Crippen molar-refractivity contribution in [2.24, 2.45) is 5.73 Å². The maximum Gasteiger partial charge on any atom is 0.169 e. The zero-order valence-corrected chi connectivity index (χ0v) is 7.15. The summed E-state index contributed by atoms with van der Waals surface area (Å²) in [6.07, 6.45) is -0.363. The predicted molar refractivity (Wildman–Crippen MR) is 42.5 cm³/mol. The maximum absolute atomic E-state index is 8.46. The number of rotatable bonds is 2. The van der Waals surface area contributed by atoms with Crippen molar-refractivity contribution in [3.63, 3.8) is 0 Å². The van der Waals surface area contributed by atoms with Gasteiger partial charge in [0.2, 0.25) is 0 Å². The van der Waals surface area contributed by atoms with Gasteiger partial charge in [-0.1, -0.05) is 0 Å². The molecule has 0 aromatic carbocycles. The van der Waals surface area contributed by atoms with Crippen LogP contribution in [0.4, 0.5) is 0 Å². The molecule has 0 saturated carbocycles. The Labute approximate surface area is 76.0 Å². The fourth-order valence-corrected chi connectivity index (χ4v) is 0.984. The molecule has 13 heavy (non-hydrogen) atoms. The highest BCUT2D eigenvalue weighted by molar-refractivity contribution is 5.38. The zero-order valence-electron chi connectivity index (χ0n) is 7.15. The second kappa shape index (κ2) is 3.90. The van der Waals surface area contributed by atoms with Crippen LogP contribution in [0.3, 0.4) is 0 Å². The van der Waals surface area contributed by atoms with Gasteiger partial charge in [-0.25, -0.2) is 0 Å². The summed E-state index contributed by atoms with van der Waals surface area (Å²) in [4.78, 5) is 0. The molecule has 1 rings (SSSR count).